The fourth-order valence-electron chi connectivity index (χ4n) is 11.6. The number of hydrogen-bond acceptors (Lipinski definition) is 5. The number of rotatable bonds is 14. The number of aliphatic hydroxyl groups is 1. The average Bonchev–Trinajstić information content (AvgIpc) is 3.28. The molecule has 8 heteroatoms. The molecule has 0 aliphatic heterocycles. The van der Waals surface area contributed by atoms with Crippen molar-refractivity contribution in [1.82, 2.24) is 10.2 Å². The number of fused-ring (bicyclic) bond motifs is 5. The Morgan fingerprint density at radius 2 is 1.66 bits per heavy atom. The summed E-state index contributed by atoms with van der Waals surface area (Å²) in [5.74, 6) is 4.86. The van der Waals surface area contributed by atoms with E-state index < -0.39 is 28.0 Å². The van der Waals surface area contributed by atoms with E-state index in [-0.39, 0.29) is 17.2 Å². The Hall–Kier alpha value is -0.700. The van der Waals surface area contributed by atoms with Gasteiger partial charge in [0.2, 0.25) is 5.91 Å². The van der Waals surface area contributed by atoms with Gasteiger partial charge in [0, 0.05) is 18.5 Å². The van der Waals surface area contributed by atoms with Crippen LogP contribution in [0.4, 0.5) is 0 Å². The van der Waals surface area contributed by atoms with Crippen molar-refractivity contribution in [3.8, 4) is 0 Å². The lowest BCUT2D eigenvalue weighted by Gasteiger charge is -2.62. The van der Waals surface area contributed by atoms with Gasteiger partial charge in [-0.15, -0.1) is 0 Å². The van der Waals surface area contributed by atoms with Crippen molar-refractivity contribution in [3.05, 3.63) is 0 Å². The predicted octanol–water partition coefficient (Wildman–Crippen LogP) is 6.80. The van der Waals surface area contributed by atoms with Crippen LogP contribution in [0.5, 0.6) is 0 Å². The Morgan fingerprint density at radius 1 is 0.932 bits per heavy atom. The zero-order valence-electron chi connectivity index (χ0n) is 29.1. The molecule has 4 aliphatic rings. The van der Waals surface area contributed by atoms with Crippen molar-refractivity contribution < 1.29 is 22.9 Å². The molecule has 0 spiro atoms. The van der Waals surface area contributed by atoms with Crippen LogP contribution in [0.25, 0.3) is 0 Å². The lowest BCUT2D eigenvalue weighted by Crippen LogP contribution is -2.58. The van der Waals surface area contributed by atoms with E-state index in [4.69, 9.17) is 0 Å². The fraction of sp³-hybridized carbons (Fsp3) is 0.972. The molecule has 0 aromatic heterocycles. The number of aliphatic hydroxyl groups excluding tert-OH is 1. The van der Waals surface area contributed by atoms with E-state index in [0.29, 0.717) is 36.6 Å². The monoisotopic (exact) mass is 638 g/mol. The van der Waals surface area contributed by atoms with Crippen molar-refractivity contribution in [2.75, 3.05) is 26.4 Å². The van der Waals surface area contributed by atoms with Gasteiger partial charge in [0.25, 0.3) is 10.1 Å². The Kier molecular flexibility index (Phi) is 12.0. The Balaban J connectivity index is 1.39. The second-order valence-electron chi connectivity index (χ2n) is 16.8. The molecule has 1 amide bonds. The second-order valence-corrected chi connectivity index (χ2v) is 18.3. The first-order chi connectivity index (χ1) is 20.6. The normalized spacial score (nSPS) is 37.6. The van der Waals surface area contributed by atoms with Crippen molar-refractivity contribution in [2.45, 2.75) is 137 Å². The van der Waals surface area contributed by atoms with Crippen LogP contribution in [-0.4, -0.2) is 67.4 Å². The lowest BCUT2D eigenvalue weighted by atomic mass is 9.42. The van der Waals surface area contributed by atoms with E-state index in [9.17, 15) is 22.9 Å². The number of carbonyl (C=O) groups is 1. The fourth-order valence-corrected chi connectivity index (χ4v) is 12.2. The molecule has 11 atom stereocenters. The number of likely N-dealkylation sites (N-methyl/N-ethyl adjacent to an activating group) is 1. The van der Waals surface area contributed by atoms with Crippen molar-refractivity contribution >= 4 is 16.0 Å². The van der Waals surface area contributed by atoms with Gasteiger partial charge >= 0.3 is 0 Å². The molecule has 4 unspecified atom stereocenters. The molecule has 44 heavy (non-hydrogen) atoms. The molecule has 4 saturated carbocycles. The van der Waals surface area contributed by atoms with Gasteiger partial charge in [-0.1, -0.05) is 60.3 Å². The van der Waals surface area contributed by atoms with Crippen molar-refractivity contribution in [3.63, 3.8) is 0 Å². The maximum absolute atomic E-state index is 13.9. The standard InChI is InChI=1S/C36H66N2O5S/c1-24(2)11-8-12-25(3)28-18-19-29-27-17-16-26-13-9-14-31(36(26,5)30(27)20-21-35(28,29)4)34(40)37-22-10-15-32(38(6)7)33(39)23-44(41,42)43/h24-33,39H,8-23H2,1-7H3,(H,37,40)(H,41,42,43)/t25-,26?,27+,28-,29+,30+,31?,32?,33?,35-,36+/m1/s1. The van der Waals surface area contributed by atoms with Gasteiger partial charge in [0.1, 0.15) is 5.75 Å². The smallest absolute Gasteiger partial charge is 0.267 e. The molecule has 0 radical (unpaired) electrons. The average molecular weight is 639 g/mol. The molecule has 0 saturated heterocycles. The Labute approximate surface area is 269 Å². The molecule has 3 N–H and O–H groups in total. The van der Waals surface area contributed by atoms with E-state index in [2.05, 4.69) is 39.9 Å². The minimum absolute atomic E-state index is 0.0559. The highest BCUT2D eigenvalue weighted by Gasteiger charge is 2.62. The second kappa shape index (κ2) is 14.6. The summed E-state index contributed by atoms with van der Waals surface area (Å²) in [7, 11) is -0.659. The highest BCUT2D eigenvalue weighted by atomic mass is 32.2. The zero-order valence-corrected chi connectivity index (χ0v) is 29.9. The number of nitrogens with zero attached hydrogens (tertiary/aromatic N) is 1. The van der Waals surface area contributed by atoms with Crippen LogP contribution in [0.1, 0.15) is 125 Å². The molecule has 4 fully saturated rings. The van der Waals surface area contributed by atoms with Crippen LogP contribution in [-0.2, 0) is 14.9 Å². The molecule has 4 rings (SSSR count). The van der Waals surface area contributed by atoms with Gasteiger partial charge in [0.15, 0.2) is 0 Å². The van der Waals surface area contributed by atoms with Gasteiger partial charge in [-0.05, 0) is 131 Å². The molecule has 0 heterocycles. The summed E-state index contributed by atoms with van der Waals surface area (Å²) < 4.78 is 31.8. The van der Waals surface area contributed by atoms with Gasteiger partial charge in [-0.3, -0.25) is 9.35 Å². The molecule has 7 nitrogen and oxygen atoms in total. The number of nitrogens with one attached hydrogen (secondary N) is 1. The zero-order chi connectivity index (χ0) is 32.4. The first-order valence-electron chi connectivity index (χ1n) is 18.2. The molecule has 256 valence electrons. The van der Waals surface area contributed by atoms with Gasteiger partial charge in [-0.2, -0.15) is 8.42 Å². The predicted molar refractivity (Wildman–Crippen MR) is 179 cm³/mol. The van der Waals surface area contributed by atoms with Gasteiger partial charge in [-0.25, -0.2) is 0 Å². The van der Waals surface area contributed by atoms with E-state index in [0.717, 1.165) is 42.4 Å². The van der Waals surface area contributed by atoms with Crippen LogP contribution in [0.15, 0.2) is 0 Å². The third-order valence-electron chi connectivity index (χ3n) is 13.7. The minimum atomic E-state index is -4.26. The Bertz CT molecular complexity index is 1060. The number of hydrogen-bond donors (Lipinski definition) is 3. The third-order valence-corrected chi connectivity index (χ3v) is 14.5. The molecule has 0 bridgehead atoms. The number of carbonyl (C=O) groups excluding carboxylic acids is 1. The Morgan fingerprint density at radius 3 is 2.32 bits per heavy atom. The van der Waals surface area contributed by atoms with Gasteiger partial charge in [0.05, 0.1) is 6.10 Å². The van der Waals surface area contributed by atoms with Crippen molar-refractivity contribution in [2.24, 2.45) is 58.2 Å². The van der Waals surface area contributed by atoms with Gasteiger partial charge < -0.3 is 15.3 Å². The number of amides is 1. The molecule has 0 aromatic carbocycles. The third kappa shape index (κ3) is 7.71. The lowest BCUT2D eigenvalue weighted by molar-refractivity contribution is -0.159. The SMILES string of the molecule is CC(C)CCC[C@@H](C)[C@H]1CC[C@H]2[C@@H]3CCC4CCCC(C(=O)NCCCC(C(O)CS(=O)(=O)O)N(C)C)[C@]4(C)[C@H]3CC[C@]12C. The summed E-state index contributed by atoms with van der Waals surface area (Å²) in [6.07, 6.45) is 15.5. The topological polar surface area (TPSA) is 107 Å². The summed E-state index contributed by atoms with van der Waals surface area (Å²) in [4.78, 5) is 15.7. The van der Waals surface area contributed by atoms with E-state index in [1.54, 1.807) is 19.0 Å². The summed E-state index contributed by atoms with van der Waals surface area (Å²) in [5, 5.41) is 13.7. The summed E-state index contributed by atoms with van der Waals surface area (Å²) in [6, 6.07) is -0.408. The molecule has 4 aliphatic carbocycles. The first kappa shape index (κ1) is 36.1. The maximum Gasteiger partial charge on any atom is 0.267 e. The summed E-state index contributed by atoms with van der Waals surface area (Å²) in [6.45, 7) is 12.9. The highest BCUT2D eigenvalue weighted by molar-refractivity contribution is 7.85. The molecule has 0 aromatic rings. The largest absolute Gasteiger partial charge is 0.390 e. The van der Waals surface area contributed by atoms with Crippen LogP contribution in [0, 0.1) is 58.2 Å². The van der Waals surface area contributed by atoms with Crippen LogP contribution < -0.4 is 5.32 Å². The molecular formula is C36H66N2O5S. The first-order valence-corrected chi connectivity index (χ1v) is 19.8. The van der Waals surface area contributed by atoms with Crippen molar-refractivity contribution in [1.29, 1.82) is 0 Å². The maximum atomic E-state index is 13.9. The van der Waals surface area contributed by atoms with Crippen LogP contribution >= 0.6 is 0 Å². The van der Waals surface area contributed by atoms with E-state index in [1.165, 1.54) is 64.2 Å². The summed E-state index contributed by atoms with van der Waals surface area (Å²) in [5.41, 5.74) is 0.516. The van der Waals surface area contributed by atoms with Crippen LogP contribution in [0.3, 0.4) is 0 Å². The highest BCUT2D eigenvalue weighted by Crippen LogP contribution is 2.69. The van der Waals surface area contributed by atoms with E-state index in [1.807, 2.05) is 0 Å². The molecular weight excluding hydrogens is 572 g/mol. The summed E-state index contributed by atoms with van der Waals surface area (Å²) >= 11 is 0. The van der Waals surface area contributed by atoms with Crippen LogP contribution in [0.2, 0.25) is 0 Å². The quantitative estimate of drug-likeness (QED) is 0.143. The van der Waals surface area contributed by atoms with E-state index >= 15 is 0 Å². The minimum Gasteiger partial charge on any atom is -0.390 e.